The third-order valence-corrected chi connectivity index (χ3v) is 3.03. The fraction of sp³-hybridized carbons (Fsp3) is 0.462. The van der Waals surface area contributed by atoms with E-state index in [1.54, 1.807) is 18.6 Å². The lowest BCUT2D eigenvalue weighted by Gasteiger charge is -2.15. The number of nitrogens with one attached hydrogen (secondary N) is 2. The first-order valence-corrected chi connectivity index (χ1v) is 6.38. The number of carbonyl (C=O) groups is 1. The number of aromatic nitrogens is 4. The molecule has 0 radical (unpaired) electrons. The summed E-state index contributed by atoms with van der Waals surface area (Å²) in [6, 6.07) is -0.0787. The molecule has 2 heterocycles. The van der Waals surface area contributed by atoms with Crippen molar-refractivity contribution in [2.45, 2.75) is 39.8 Å². The number of rotatable bonds is 5. The number of H-pyrrole nitrogens is 1. The average Bonchev–Trinajstić information content (AvgIpc) is 2.96. The molecule has 0 spiro atoms. The average molecular weight is 261 g/mol. The molecule has 0 aromatic carbocycles. The number of aryl methyl sites for hydroxylation is 2. The standard InChI is InChI=1S/C13H19N5O/c1-4-11(13-15-7-9(2)16-13)17-12(19)8-18-6-5-14-10(18)3/h5-7,11H,4,8H2,1-3H3,(H,15,16)(H,17,19). The van der Waals surface area contributed by atoms with Crippen LogP contribution in [0.4, 0.5) is 0 Å². The van der Waals surface area contributed by atoms with Crippen LogP contribution < -0.4 is 5.32 Å². The third-order valence-electron chi connectivity index (χ3n) is 3.03. The van der Waals surface area contributed by atoms with E-state index < -0.39 is 0 Å². The smallest absolute Gasteiger partial charge is 0.240 e. The molecule has 0 aliphatic rings. The van der Waals surface area contributed by atoms with Crippen LogP contribution >= 0.6 is 0 Å². The van der Waals surface area contributed by atoms with Gasteiger partial charge in [0.1, 0.15) is 18.2 Å². The van der Waals surface area contributed by atoms with E-state index in [9.17, 15) is 4.79 Å². The van der Waals surface area contributed by atoms with Gasteiger partial charge in [0.15, 0.2) is 0 Å². The number of hydrogen-bond donors (Lipinski definition) is 2. The van der Waals surface area contributed by atoms with Gasteiger partial charge in [0.25, 0.3) is 0 Å². The van der Waals surface area contributed by atoms with Crippen molar-refractivity contribution in [3.8, 4) is 0 Å². The van der Waals surface area contributed by atoms with E-state index in [1.807, 2.05) is 25.3 Å². The van der Waals surface area contributed by atoms with Crippen molar-refractivity contribution >= 4 is 5.91 Å². The Hall–Kier alpha value is -2.11. The van der Waals surface area contributed by atoms with Crippen LogP contribution in [-0.2, 0) is 11.3 Å². The van der Waals surface area contributed by atoms with Crippen molar-refractivity contribution in [1.82, 2.24) is 24.8 Å². The first-order valence-electron chi connectivity index (χ1n) is 6.38. The van der Waals surface area contributed by atoms with Gasteiger partial charge in [-0.2, -0.15) is 0 Å². The summed E-state index contributed by atoms with van der Waals surface area (Å²) in [7, 11) is 0. The highest BCUT2D eigenvalue weighted by Crippen LogP contribution is 2.12. The van der Waals surface area contributed by atoms with Gasteiger partial charge < -0.3 is 14.9 Å². The van der Waals surface area contributed by atoms with Crippen molar-refractivity contribution in [2.24, 2.45) is 0 Å². The Morgan fingerprint density at radius 2 is 2.26 bits per heavy atom. The second-order valence-electron chi connectivity index (χ2n) is 4.58. The molecule has 0 saturated carbocycles. The number of nitrogens with zero attached hydrogens (tertiary/aromatic N) is 3. The van der Waals surface area contributed by atoms with Crippen molar-refractivity contribution in [1.29, 1.82) is 0 Å². The van der Waals surface area contributed by atoms with Crippen molar-refractivity contribution in [3.05, 3.63) is 35.9 Å². The van der Waals surface area contributed by atoms with Crippen LogP contribution in [0.2, 0.25) is 0 Å². The van der Waals surface area contributed by atoms with E-state index in [-0.39, 0.29) is 18.5 Å². The highest BCUT2D eigenvalue weighted by molar-refractivity contribution is 5.76. The van der Waals surface area contributed by atoms with Gasteiger partial charge in [-0.3, -0.25) is 4.79 Å². The Kier molecular flexibility index (Phi) is 3.99. The van der Waals surface area contributed by atoms with Crippen LogP contribution in [0.15, 0.2) is 18.6 Å². The molecule has 2 N–H and O–H groups in total. The molecule has 102 valence electrons. The van der Waals surface area contributed by atoms with Crippen molar-refractivity contribution in [3.63, 3.8) is 0 Å². The van der Waals surface area contributed by atoms with E-state index in [1.165, 1.54) is 0 Å². The summed E-state index contributed by atoms with van der Waals surface area (Å²) in [5.41, 5.74) is 0.994. The lowest BCUT2D eigenvalue weighted by Crippen LogP contribution is -2.32. The van der Waals surface area contributed by atoms with E-state index in [0.29, 0.717) is 0 Å². The molecule has 1 atom stereocenters. The SMILES string of the molecule is CCC(NC(=O)Cn1ccnc1C)c1ncc(C)[nH]1. The third kappa shape index (κ3) is 3.21. The topological polar surface area (TPSA) is 75.6 Å². The predicted octanol–water partition coefficient (Wildman–Crippen LogP) is 1.49. The Balaban J connectivity index is 1.99. The minimum atomic E-state index is -0.0787. The maximum Gasteiger partial charge on any atom is 0.240 e. The lowest BCUT2D eigenvalue weighted by atomic mass is 10.2. The molecule has 0 saturated heterocycles. The highest BCUT2D eigenvalue weighted by atomic mass is 16.2. The summed E-state index contributed by atoms with van der Waals surface area (Å²) in [6.07, 6.45) is 6.05. The molecule has 0 fully saturated rings. The van der Waals surface area contributed by atoms with Gasteiger partial charge in [0.2, 0.25) is 5.91 Å². The van der Waals surface area contributed by atoms with E-state index in [2.05, 4.69) is 20.3 Å². The van der Waals surface area contributed by atoms with E-state index in [0.717, 1.165) is 23.8 Å². The van der Waals surface area contributed by atoms with E-state index >= 15 is 0 Å². The number of hydrogen-bond acceptors (Lipinski definition) is 3. The summed E-state index contributed by atoms with van der Waals surface area (Å²) in [4.78, 5) is 23.5. The second kappa shape index (κ2) is 5.69. The minimum absolute atomic E-state index is 0.0398. The monoisotopic (exact) mass is 261 g/mol. The van der Waals surface area contributed by atoms with Crippen LogP contribution in [0.3, 0.4) is 0 Å². The first-order chi connectivity index (χ1) is 9.10. The maximum atomic E-state index is 12.0. The molecule has 2 aromatic rings. The summed E-state index contributed by atoms with van der Waals surface area (Å²) < 4.78 is 1.81. The zero-order valence-corrected chi connectivity index (χ0v) is 11.5. The fourth-order valence-electron chi connectivity index (χ4n) is 1.94. The Morgan fingerprint density at radius 3 is 2.79 bits per heavy atom. The summed E-state index contributed by atoms with van der Waals surface area (Å²) >= 11 is 0. The fourth-order valence-corrected chi connectivity index (χ4v) is 1.94. The quantitative estimate of drug-likeness (QED) is 0.856. The molecule has 1 unspecified atom stereocenters. The zero-order chi connectivity index (χ0) is 13.8. The van der Waals surface area contributed by atoms with Gasteiger partial charge in [-0.05, 0) is 20.3 Å². The number of amides is 1. The molecule has 0 bridgehead atoms. The van der Waals surface area contributed by atoms with Crippen molar-refractivity contribution < 1.29 is 4.79 Å². The van der Waals surface area contributed by atoms with Gasteiger partial charge in [0.05, 0.1) is 6.04 Å². The Bertz CT molecular complexity index is 557. The number of imidazole rings is 2. The molecule has 19 heavy (non-hydrogen) atoms. The Morgan fingerprint density at radius 1 is 1.47 bits per heavy atom. The van der Waals surface area contributed by atoms with E-state index in [4.69, 9.17) is 0 Å². The summed E-state index contributed by atoms with van der Waals surface area (Å²) in [6.45, 7) is 6.12. The van der Waals surface area contributed by atoms with Crippen molar-refractivity contribution in [2.75, 3.05) is 0 Å². The molecule has 0 aliphatic heterocycles. The zero-order valence-electron chi connectivity index (χ0n) is 11.5. The van der Waals surface area contributed by atoms with Crippen LogP contribution in [0, 0.1) is 13.8 Å². The summed E-state index contributed by atoms with van der Waals surface area (Å²) in [5.74, 6) is 1.59. The highest BCUT2D eigenvalue weighted by Gasteiger charge is 2.15. The van der Waals surface area contributed by atoms with Gasteiger partial charge >= 0.3 is 0 Å². The Labute approximate surface area is 112 Å². The number of aromatic amines is 1. The molecular weight excluding hydrogens is 242 g/mol. The van der Waals surface area contributed by atoms with Crippen LogP contribution in [0.1, 0.15) is 36.7 Å². The molecule has 2 aromatic heterocycles. The van der Waals surface area contributed by atoms with Crippen LogP contribution in [0.5, 0.6) is 0 Å². The molecule has 6 heteroatoms. The number of carbonyl (C=O) groups excluding carboxylic acids is 1. The molecular formula is C13H19N5O. The normalized spacial score (nSPS) is 12.4. The lowest BCUT2D eigenvalue weighted by molar-refractivity contribution is -0.122. The molecule has 0 aliphatic carbocycles. The molecule has 2 rings (SSSR count). The largest absolute Gasteiger partial charge is 0.345 e. The van der Waals surface area contributed by atoms with Gasteiger partial charge in [-0.25, -0.2) is 9.97 Å². The second-order valence-corrected chi connectivity index (χ2v) is 4.58. The van der Waals surface area contributed by atoms with Gasteiger partial charge in [-0.15, -0.1) is 0 Å². The van der Waals surface area contributed by atoms with Gasteiger partial charge in [0, 0.05) is 24.3 Å². The minimum Gasteiger partial charge on any atom is -0.345 e. The van der Waals surface area contributed by atoms with Gasteiger partial charge in [-0.1, -0.05) is 6.92 Å². The molecule has 6 nitrogen and oxygen atoms in total. The predicted molar refractivity (Wildman–Crippen MR) is 71.5 cm³/mol. The van der Waals surface area contributed by atoms with Crippen LogP contribution in [-0.4, -0.2) is 25.4 Å². The van der Waals surface area contributed by atoms with Crippen LogP contribution in [0.25, 0.3) is 0 Å². The first kappa shape index (κ1) is 13.3. The summed E-state index contributed by atoms with van der Waals surface area (Å²) in [5, 5.41) is 2.98. The molecule has 1 amide bonds. The maximum absolute atomic E-state index is 12.0.